The van der Waals surface area contributed by atoms with Crippen LogP contribution in [0, 0.1) is 0 Å². The number of hydrogen-bond acceptors (Lipinski definition) is 2. The zero-order chi connectivity index (χ0) is 10.8. The minimum Gasteiger partial charge on any atom is -0.384 e. The molecule has 0 saturated carbocycles. The Bertz CT molecular complexity index is 216. The molecule has 14 heavy (non-hydrogen) atoms. The van der Waals surface area contributed by atoms with Gasteiger partial charge in [0.1, 0.15) is 0 Å². The van der Waals surface area contributed by atoms with Crippen LogP contribution in [0.4, 0.5) is 0 Å². The SMILES string of the molecule is C=C(/C=C\CC)/N=C(\CC)CCOC. The lowest BCUT2D eigenvalue weighted by Gasteiger charge is -2.02. The van der Waals surface area contributed by atoms with Gasteiger partial charge in [-0.25, -0.2) is 0 Å². The number of aliphatic imine (C=N–C) groups is 1. The number of allylic oxidation sites excluding steroid dienone is 2. The Morgan fingerprint density at radius 3 is 2.64 bits per heavy atom. The molecule has 0 unspecified atom stereocenters. The number of nitrogens with zero attached hydrogens (tertiary/aromatic N) is 1. The minimum atomic E-state index is 0.734. The molecule has 2 heteroatoms. The van der Waals surface area contributed by atoms with Crippen LogP contribution >= 0.6 is 0 Å². The monoisotopic (exact) mass is 195 g/mol. The lowest BCUT2D eigenvalue weighted by atomic mass is 10.2. The van der Waals surface area contributed by atoms with Crippen molar-refractivity contribution in [2.45, 2.75) is 33.1 Å². The van der Waals surface area contributed by atoms with E-state index in [1.807, 2.05) is 6.08 Å². The van der Waals surface area contributed by atoms with Crippen LogP contribution in [0.1, 0.15) is 33.1 Å². The van der Waals surface area contributed by atoms with E-state index in [9.17, 15) is 0 Å². The smallest absolute Gasteiger partial charge is 0.0554 e. The minimum absolute atomic E-state index is 0.734. The summed E-state index contributed by atoms with van der Waals surface area (Å²) in [5.74, 6) is 0. The first-order chi connectivity index (χ1) is 6.74. The Morgan fingerprint density at radius 1 is 1.43 bits per heavy atom. The fraction of sp³-hybridized carbons (Fsp3) is 0.583. The molecule has 0 aromatic heterocycles. The Morgan fingerprint density at radius 2 is 2.14 bits per heavy atom. The number of ether oxygens (including phenoxy) is 1. The Hall–Kier alpha value is -0.890. The Labute approximate surface area is 87.4 Å². The highest BCUT2D eigenvalue weighted by atomic mass is 16.5. The molecule has 0 aromatic rings. The van der Waals surface area contributed by atoms with Crippen LogP contribution in [0.2, 0.25) is 0 Å². The molecule has 0 aliphatic carbocycles. The first-order valence-electron chi connectivity index (χ1n) is 5.15. The maximum Gasteiger partial charge on any atom is 0.0554 e. The molecule has 80 valence electrons. The molecule has 0 spiro atoms. The van der Waals surface area contributed by atoms with Crippen LogP contribution in [-0.2, 0) is 4.74 Å². The summed E-state index contributed by atoms with van der Waals surface area (Å²) in [6.07, 6.45) is 6.90. The molecule has 0 N–H and O–H groups in total. The molecule has 0 aliphatic rings. The van der Waals surface area contributed by atoms with Gasteiger partial charge in [0, 0.05) is 19.2 Å². The Balaban J connectivity index is 4.13. The van der Waals surface area contributed by atoms with Gasteiger partial charge in [-0.2, -0.15) is 0 Å². The van der Waals surface area contributed by atoms with Crippen molar-refractivity contribution in [3.8, 4) is 0 Å². The first kappa shape index (κ1) is 13.1. The predicted molar refractivity (Wildman–Crippen MR) is 62.8 cm³/mol. The largest absolute Gasteiger partial charge is 0.384 e. The number of hydrogen-bond donors (Lipinski definition) is 0. The van der Waals surface area contributed by atoms with Crippen molar-refractivity contribution in [3.05, 3.63) is 24.4 Å². The zero-order valence-corrected chi connectivity index (χ0v) is 9.55. The maximum absolute atomic E-state index is 5.01. The van der Waals surface area contributed by atoms with E-state index < -0.39 is 0 Å². The fourth-order valence-electron chi connectivity index (χ4n) is 1.03. The number of rotatable bonds is 7. The van der Waals surface area contributed by atoms with Crippen molar-refractivity contribution in [2.75, 3.05) is 13.7 Å². The van der Waals surface area contributed by atoms with Crippen LogP contribution in [0.3, 0.4) is 0 Å². The van der Waals surface area contributed by atoms with Crippen LogP contribution < -0.4 is 0 Å². The normalized spacial score (nSPS) is 12.4. The van der Waals surface area contributed by atoms with E-state index >= 15 is 0 Å². The molecule has 0 aliphatic heterocycles. The molecule has 0 atom stereocenters. The van der Waals surface area contributed by atoms with Crippen molar-refractivity contribution in [1.82, 2.24) is 0 Å². The van der Waals surface area contributed by atoms with E-state index in [1.54, 1.807) is 7.11 Å². The molecule has 0 amide bonds. The maximum atomic E-state index is 5.01. The molecule has 0 aromatic carbocycles. The third-order valence-corrected chi connectivity index (χ3v) is 1.85. The molecule has 2 nitrogen and oxygen atoms in total. The van der Waals surface area contributed by atoms with Crippen molar-refractivity contribution in [2.24, 2.45) is 4.99 Å². The highest BCUT2D eigenvalue weighted by Crippen LogP contribution is 2.02. The van der Waals surface area contributed by atoms with E-state index in [1.165, 1.54) is 0 Å². The van der Waals surface area contributed by atoms with Crippen LogP contribution in [0.25, 0.3) is 0 Å². The van der Waals surface area contributed by atoms with Crippen molar-refractivity contribution in [1.29, 1.82) is 0 Å². The van der Waals surface area contributed by atoms with Gasteiger partial charge in [-0.3, -0.25) is 4.99 Å². The second-order valence-corrected chi connectivity index (χ2v) is 3.08. The highest BCUT2D eigenvalue weighted by molar-refractivity contribution is 5.85. The molecule has 0 saturated heterocycles. The summed E-state index contributed by atoms with van der Waals surface area (Å²) >= 11 is 0. The van der Waals surface area contributed by atoms with Gasteiger partial charge in [-0.1, -0.05) is 26.5 Å². The third-order valence-electron chi connectivity index (χ3n) is 1.85. The molecule has 0 radical (unpaired) electrons. The fourth-order valence-corrected chi connectivity index (χ4v) is 1.03. The summed E-state index contributed by atoms with van der Waals surface area (Å²) in [5.41, 5.74) is 1.98. The van der Waals surface area contributed by atoms with Crippen LogP contribution in [-0.4, -0.2) is 19.4 Å². The second kappa shape index (κ2) is 8.70. The van der Waals surface area contributed by atoms with Gasteiger partial charge in [0.25, 0.3) is 0 Å². The topological polar surface area (TPSA) is 21.6 Å². The summed E-state index contributed by atoms with van der Waals surface area (Å²) in [6, 6.07) is 0. The summed E-state index contributed by atoms with van der Waals surface area (Å²) in [5, 5.41) is 0. The molecule has 0 heterocycles. The van der Waals surface area contributed by atoms with E-state index in [4.69, 9.17) is 4.74 Å². The van der Waals surface area contributed by atoms with Gasteiger partial charge in [-0.05, 0) is 18.9 Å². The van der Waals surface area contributed by atoms with Crippen LogP contribution in [0.5, 0.6) is 0 Å². The van der Waals surface area contributed by atoms with Crippen molar-refractivity contribution < 1.29 is 4.74 Å². The molecule has 0 rings (SSSR count). The van der Waals surface area contributed by atoms with Gasteiger partial charge < -0.3 is 4.74 Å². The summed E-state index contributed by atoms with van der Waals surface area (Å²) in [7, 11) is 1.71. The first-order valence-corrected chi connectivity index (χ1v) is 5.15. The number of methoxy groups -OCH3 is 1. The van der Waals surface area contributed by atoms with Gasteiger partial charge in [0.15, 0.2) is 0 Å². The summed E-state index contributed by atoms with van der Waals surface area (Å²) in [6.45, 7) is 8.81. The van der Waals surface area contributed by atoms with Crippen molar-refractivity contribution >= 4 is 5.71 Å². The van der Waals surface area contributed by atoms with Crippen molar-refractivity contribution in [3.63, 3.8) is 0 Å². The van der Waals surface area contributed by atoms with Crippen LogP contribution in [0.15, 0.2) is 29.4 Å². The van der Waals surface area contributed by atoms with E-state index in [0.717, 1.165) is 37.3 Å². The summed E-state index contributed by atoms with van der Waals surface area (Å²) in [4.78, 5) is 4.43. The molecule has 0 bridgehead atoms. The molecule has 0 fully saturated rings. The quantitative estimate of drug-likeness (QED) is 0.451. The zero-order valence-electron chi connectivity index (χ0n) is 9.55. The second-order valence-electron chi connectivity index (χ2n) is 3.08. The average Bonchev–Trinajstić information content (AvgIpc) is 2.21. The van der Waals surface area contributed by atoms with Gasteiger partial charge >= 0.3 is 0 Å². The predicted octanol–water partition coefficient (Wildman–Crippen LogP) is 3.35. The highest BCUT2D eigenvalue weighted by Gasteiger charge is 1.95. The lowest BCUT2D eigenvalue weighted by Crippen LogP contribution is -2.01. The average molecular weight is 195 g/mol. The van der Waals surface area contributed by atoms with Gasteiger partial charge in [0.05, 0.1) is 12.3 Å². The lowest BCUT2D eigenvalue weighted by molar-refractivity contribution is 0.207. The Kier molecular flexibility index (Phi) is 8.14. The molecular formula is C12H21NO. The standard InChI is InChI=1S/C12H21NO/c1-5-7-8-11(3)13-12(6-2)9-10-14-4/h7-8H,3,5-6,9-10H2,1-2,4H3/b8-7-,13-12+. The van der Waals surface area contributed by atoms with Gasteiger partial charge in [0.2, 0.25) is 0 Å². The van der Waals surface area contributed by atoms with E-state index in [-0.39, 0.29) is 0 Å². The summed E-state index contributed by atoms with van der Waals surface area (Å²) < 4.78 is 5.01. The van der Waals surface area contributed by atoms with E-state index in [0.29, 0.717) is 0 Å². The van der Waals surface area contributed by atoms with Gasteiger partial charge in [-0.15, -0.1) is 0 Å². The molecular weight excluding hydrogens is 174 g/mol. The van der Waals surface area contributed by atoms with E-state index in [2.05, 4.69) is 31.5 Å². The third kappa shape index (κ3) is 6.61.